The third kappa shape index (κ3) is 4.62. The fraction of sp³-hybridized carbons (Fsp3) is 0.391. The molecule has 0 aliphatic carbocycles. The number of hydrogen-bond donors (Lipinski definition) is 2. The van der Waals surface area contributed by atoms with E-state index in [0.717, 1.165) is 25.2 Å². The zero-order valence-corrected chi connectivity index (χ0v) is 19.7. The number of nitrogen functional groups attached to an aromatic ring is 1. The lowest BCUT2D eigenvalue weighted by Gasteiger charge is -2.14. The highest BCUT2D eigenvalue weighted by molar-refractivity contribution is 7.20. The van der Waals surface area contributed by atoms with Crippen LogP contribution < -0.4 is 20.5 Å². The Labute approximate surface area is 200 Å². The summed E-state index contributed by atoms with van der Waals surface area (Å²) in [5.74, 6) is 1.21. The van der Waals surface area contributed by atoms with Gasteiger partial charge < -0.3 is 25.4 Å². The topological polar surface area (TPSA) is 124 Å². The molecule has 10 nitrogen and oxygen atoms in total. The van der Waals surface area contributed by atoms with Crippen LogP contribution in [-0.2, 0) is 4.84 Å². The zero-order valence-electron chi connectivity index (χ0n) is 18.9. The van der Waals surface area contributed by atoms with Gasteiger partial charge in [0.1, 0.15) is 22.8 Å². The molecule has 0 spiro atoms. The number of oxime groups is 1. The monoisotopic (exact) mass is 482 g/mol. The summed E-state index contributed by atoms with van der Waals surface area (Å²) in [5.41, 5.74) is 7.76. The van der Waals surface area contributed by atoms with Crippen molar-refractivity contribution in [1.29, 1.82) is 0 Å². The molecule has 11 heteroatoms. The molecule has 0 radical (unpaired) electrons. The normalized spacial score (nSPS) is 15.7. The zero-order chi connectivity index (χ0) is 23.5. The Morgan fingerprint density at radius 3 is 2.88 bits per heavy atom. The van der Waals surface area contributed by atoms with Crippen LogP contribution in [-0.4, -0.2) is 66.1 Å². The first kappa shape index (κ1) is 22.4. The molecule has 1 aromatic carbocycles. The SMILES string of the molecule is CCNC(=O)c1cc2c(/C(=N/OCCN3CCCC3)c3ccc4c(c3)OCO4)nc(N)nc2s1. The number of anilines is 1. The molecule has 0 atom stereocenters. The number of ether oxygens (including phenoxy) is 2. The third-order valence-electron chi connectivity index (χ3n) is 5.69. The van der Waals surface area contributed by atoms with Gasteiger partial charge in [-0.15, -0.1) is 11.3 Å². The Kier molecular flexibility index (Phi) is 6.45. The van der Waals surface area contributed by atoms with Crippen LogP contribution in [0, 0.1) is 0 Å². The summed E-state index contributed by atoms with van der Waals surface area (Å²) in [7, 11) is 0. The van der Waals surface area contributed by atoms with Gasteiger partial charge in [0.15, 0.2) is 11.5 Å². The minimum Gasteiger partial charge on any atom is -0.454 e. The smallest absolute Gasteiger partial charge is 0.261 e. The van der Waals surface area contributed by atoms with Crippen LogP contribution in [0.2, 0.25) is 0 Å². The molecule has 0 saturated carbocycles. The molecule has 178 valence electrons. The van der Waals surface area contributed by atoms with Gasteiger partial charge in [0.05, 0.1) is 4.88 Å². The number of likely N-dealkylation sites (tertiary alicyclic amines) is 1. The number of carbonyl (C=O) groups excluding carboxylic acids is 1. The quantitative estimate of drug-likeness (QED) is 0.285. The standard InChI is InChI=1S/C23H26N6O4S/c1-2-25-21(30)18-12-15-20(26-23(24)27-22(15)34-18)19(28-33-10-9-29-7-3-4-8-29)14-5-6-16-17(11-14)32-13-31-16/h5-6,11-12H,2-4,7-10,13H2,1H3,(H,25,30)(H2,24,26,27)/b28-19+. The summed E-state index contributed by atoms with van der Waals surface area (Å²) in [4.78, 5) is 30.5. The van der Waals surface area contributed by atoms with Crippen LogP contribution in [0.3, 0.4) is 0 Å². The molecule has 4 heterocycles. The van der Waals surface area contributed by atoms with Gasteiger partial charge in [0.2, 0.25) is 12.7 Å². The Bertz CT molecular complexity index is 1240. The summed E-state index contributed by atoms with van der Waals surface area (Å²) >= 11 is 1.26. The van der Waals surface area contributed by atoms with Crippen LogP contribution in [0.15, 0.2) is 29.4 Å². The largest absolute Gasteiger partial charge is 0.454 e. The maximum atomic E-state index is 12.4. The Balaban J connectivity index is 1.53. The van der Waals surface area contributed by atoms with E-state index in [2.05, 4.69) is 25.3 Å². The molecule has 0 bridgehead atoms. The molecule has 1 fully saturated rings. The number of thiophene rings is 1. The molecule has 5 rings (SSSR count). The van der Waals surface area contributed by atoms with Crippen LogP contribution in [0.4, 0.5) is 5.95 Å². The number of amides is 1. The number of nitrogens with one attached hydrogen (secondary N) is 1. The minimum atomic E-state index is -0.168. The molecule has 2 aliphatic heterocycles. The van der Waals surface area contributed by atoms with Crippen molar-refractivity contribution >= 4 is 39.1 Å². The van der Waals surface area contributed by atoms with Crippen molar-refractivity contribution in [3.05, 3.63) is 40.4 Å². The highest BCUT2D eigenvalue weighted by atomic mass is 32.1. The molecule has 34 heavy (non-hydrogen) atoms. The lowest BCUT2D eigenvalue weighted by molar-refractivity contribution is 0.0960. The first-order valence-electron chi connectivity index (χ1n) is 11.3. The van der Waals surface area contributed by atoms with E-state index in [1.165, 1.54) is 24.2 Å². The van der Waals surface area contributed by atoms with Crippen molar-refractivity contribution in [1.82, 2.24) is 20.2 Å². The molecule has 3 N–H and O–H groups in total. The van der Waals surface area contributed by atoms with Crippen molar-refractivity contribution in [3.63, 3.8) is 0 Å². The second-order valence-corrected chi connectivity index (χ2v) is 9.04. The summed E-state index contributed by atoms with van der Waals surface area (Å²) in [6, 6.07) is 7.31. The van der Waals surface area contributed by atoms with Gasteiger partial charge in [0, 0.05) is 24.0 Å². The third-order valence-corrected chi connectivity index (χ3v) is 6.72. The summed E-state index contributed by atoms with van der Waals surface area (Å²) in [5, 5.41) is 7.98. The van der Waals surface area contributed by atoms with E-state index >= 15 is 0 Å². The lowest BCUT2D eigenvalue weighted by Crippen LogP contribution is -2.23. The fourth-order valence-electron chi connectivity index (χ4n) is 4.04. The van der Waals surface area contributed by atoms with E-state index in [4.69, 9.17) is 20.0 Å². The van der Waals surface area contributed by atoms with E-state index in [1.54, 1.807) is 6.07 Å². The van der Waals surface area contributed by atoms with E-state index < -0.39 is 0 Å². The Morgan fingerprint density at radius 2 is 2.06 bits per heavy atom. The van der Waals surface area contributed by atoms with Gasteiger partial charge in [-0.3, -0.25) is 9.69 Å². The number of nitrogens with zero attached hydrogens (tertiary/aromatic N) is 4. The van der Waals surface area contributed by atoms with Crippen molar-refractivity contribution in [3.8, 4) is 11.5 Å². The molecule has 2 aromatic heterocycles. The number of fused-ring (bicyclic) bond motifs is 2. The van der Waals surface area contributed by atoms with Crippen molar-refractivity contribution in [2.24, 2.45) is 5.16 Å². The van der Waals surface area contributed by atoms with Crippen molar-refractivity contribution in [2.75, 3.05) is 45.3 Å². The first-order chi connectivity index (χ1) is 16.6. The Hall–Kier alpha value is -3.44. The second kappa shape index (κ2) is 9.82. The first-order valence-corrected chi connectivity index (χ1v) is 12.1. The van der Waals surface area contributed by atoms with Crippen molar-refractivity contribution in [2.45, 2.75) is 19.8 Å². The van der Waals surface area contributed by atoms with Gasteiger partial charge in [-0.25, -0.2) is 9.97 Å². The van der Waals surface area contributed by atoms with Crippen LogP contribution in [0.25, 0.3) is 10.2 Å². The maximum absolute atomic E-state index is 12.4. The van der Waals surface area contributed by atoms with Crippen LogP contribution in [0.1, 0.15) is 40.7 Å². The number of rotatable bonds is 8. The number of nitrogens with two attached hydrogens (primary N) is 1. The average molecular weight is 483 g/mol. The highest BCUT2D eigenvalue weighted by Gasteiger charge is 2.22. The van der Waals surface area contributed by atoms with Gasteiger partial charge in [-0.2, -0.15) is 0 Å². The summed E-state index contributed by atoms with van der Waals surface area (Å²) < 4.78 is 11.0. The summed E-state index contributed by atoms with van der Waals surface area (Å²) in [6.45, 7) is 6.00. The molecule has 3 aromatic rings. The Morgan fingerprint density at radius 1 is 1.24 bits per heavy atom. The van der Waals surface area contributed by atoms with E-state index in [9.17, 15) is 4.79 Å². The number of benzene rings is 1. The molecule has 1 saturated heterocycles. The highest BCUT2D eigenvalue weighted by Crippen LogP contribution is 2.34. The van der Waals surface area contributed by atoms with Crippen LogP contribution >= 0.6 is 11.3 Å². The van der Waals surface area contributed by atoms with Gasteiger partial charge >= 0.3 is 0 Å². The molecular weight excluding hydrogens is 456 g/mol. The molecule has 2 aliphatic rings. The molecule has 0 unspecified atom stereocenters. The van der Waals surface area contributed by atoms with E-state index in [0.29, 0.717) is 51.2 Å². The maximum Gasteiger partial charge on any atom is 0.261 e. The minimum absolute atomic E-state index is 0.0947. The summed E-state index contributed by atoms with van der Waals surface area (Å²) in [6.07, 6.45) is 2.44. The predicted molar refractivity (Wildman–Crippen MR) is 130 cm³/mol. The van der Waals surface area contributed by atoms with Crippen LogP contribution in [0.5, 0.6) is 11.5 Å². The average Bonchev–Trinajstić information content (AvgIpc) is 3.59. The van der Waals surface area contributed by atoms with Gasteiger partial charge in [-0.1, -0.05) is 5.16 Å². The van der Waals surface area contributed by atoms with E-state index in [-0.39, 0.29) is 18.6 Å². The second-order valence-electron chi connectivity index (χ2n) is 8.01. The lowest BCUT2D eigenvalue weighted by atomic mass is 10.0. The van der Waals surface area contributed by atoms with Gasteiger partial charge in [0.25, 0.3) is 5.91 Å². The van der Waals surface area contributed by atoms with Crippen molar-refractivity contribution < 1.29 is 19.1 Å². The number of aromatic nitrogens is 2. The number of carbonyl (C=O) groups is 1. The number of hydrogen-bond acceptors (Lipinski definition) is 10. The van der Waals surface area contributed by atoms with E-state index in [1.807, 2.05) is 25.1 Å². The predicted octanol–water partition coefficient (Wildman–Crippen LogP) is 2.62. The fourth-order valence-corrected chi connectivity index (χ4v) is 5.00. The molecule has 1 amide bonds. The van der Waals surface area contributed by atoms with Gasteiger partial charge in [-0.05, 0) is 57.1 Å². The molecular formula is C23H26N6O4S.